The van der Waals surface area contributed by atoms with Gasteiger partial charge in [-0.1, -0.05) is 42.5 Å². The van der Waals surface area contributed by atoms with Crippen LogP contribution in [-0.2, 0) is 16.6 Å². The van der Waals surface area contributed by atoms with Crippen LogP contribution in [-0.4, -0.2) is 34.6 Å². The van der Waals surface area contributed by atoms with Gasteiger partial charge in [-0.25, -0.2) is 13.1 Å². The van der Waals surface area contributed by atoms with Crippen LogP contribution in [0.2, 0.25) is 0 Å². The van der Waals surface area contributed by atoms with Gasteiger partial charge in [-0.3, -0.25) is 4.79 Å². The zero-order chi connectivity index (χ0) is 21.8. The molecule has 0 fully saturated rings. The SMILES string of the molecule is COc1ccc(C(=O)N2CCOc3ccccc32)cc1S(=O)(=O)NCc1ccccc1. The summed E-state index contributed by atoms with van der Waals surface area (Å²) in [6.45, 7) is 0.861. The summed E-state index contributed by atoms with van der Waals surface area (Å²) < 4.78 is 39.4. The molecule has 31 heavy (non-hydrogen) atoms. The van der Waals surface area contributed by atoms with Gasteiger partial charge in [-0.2, -0.15) is 0 Å². The van der Waals surface area contributed by atoms with Gasteiger partial charge < -0.3 is 14.4 Å². The van der Waals surface area contributed by atoms with Crippen LogP contribution in [0.3, 0.4) is 0 Å². The number of nitrogens with one attached hydrogen (secondary N) is 1. The Morgan fingerprint density at radius 3 is 2.58 bits per heavy atom. The van der Waals surface area contributed by atoms with Crippen LogP contribution in [0, 0.1) is 0 Å². The number of amides is 1. The predicted octanol–water partition coefficient (Wildman–Crippen LogP) is 3.21. The van der Waals surface area contributed by atoms with E-state index in [0.29, 0.717) is 24.6 Å². The molecular formula is C23H22N2O5S. The molecule has 0 radical (unpaired) electrons. The molecule has 3 aromatic carbocycles. The Hall–Kier alpha value is -3.36. The number of nitrogens with zero attached hydrogens (tertiary/aromatic N) is 1. The first-order chi connectivity index (χ1) is 15.0. The molecule has 0 bridgehead atoms. The van der Waals surface area contributed by atoms with Crippen molar-refractivity contribution in [3.05, 3.63) is 83.9 Å². The first kappa shape index (κ1) is 20.9. The van der Waals surface area contributed by atoms with E-state index in [1.807, 2.05) is 42.5 Å². The minimum absolute atomic E-state index is 0.0849. The third kappa shape index (κ3) is 4.40. The molecule has 0 saturated carbocycles. The topological polar surface area (TPSA) is 84.9 Å². The monoisotopic (exact) mass is 438 g/mol. The molecule has 0 unspecified atom stereocenters. The Morgan fingerprint density at radius 1 is 1.06 bits per heavy atom. The maximum absolute atomic E-state index is 13.2. The molecule has 1 amide bonds. The number of fused-ring (bicyclic) bond motifs is 1. The minimum atomic E-state index is -3.92. The van der Waals surface area contributed by atoms with Gasteiger partial charge in [0, 0.05) is 12.1 Å². The molecule has 0 spiro atoms. The van der Waals surface area contributed by atoms with Crippen LogP contribution < -0.4 is 19.1 Å². The third-order valence-electron chi connectivity index (χ3n) is 4.98. The van der Waals surface area contributed by atoms with Gasteiger partial charge in [0.05, 0.1) is 19.3 Å². The molecule has 0 atom stereocenters. The van der Waals surface area contributed by atoms with Gasteiger partial charge in [0.25, 0.3) is 5.91 Å². The van der Waals surface area contributed by atoms with Crippen LogP contribution >= 0.6 is 0 Å². The summed E-state index contributed by atoms with van der Waals surface area (Å²) >= 11 is 0. The molecule has 1 N–H and O–H groups in total. The molecule has 0 saturated heterocycles. The van der Waals surface area contributed by atoms with Crippen LogP contribution in [0.1, 0.15) is 15.9 Å². The van der Waals surface area contributed by atoms with Crippen LogP contribution in [0.4, 0.5) is 5.69 Å². The molecule has 0 aliphatic carbocycles. The normalized spacial score (nSPS) is 13.3. The Morgan fingerprint density at radius 2 is 1.81 bits per heavy atom. The van der Waals surface area contributed by atoms with E-state index < -0.39 is 10.0 Å². The number of carbonyl (C=O) groups is 1. The molecule has 1 aliphatic rings. The Kier molecular flexibility index (Phi) is 5.92. The Balaban J connectivity index is 1.64. The van der Waals surface area contributed by atoms with E-state index in [-0.39, 0.29) is 28.7 Å². The lowest BCUT2D eigenvalue weighted by atomic mass is 10.1. The number of para-hydroxylation sites is 2. The summed E-state index contributed by atoms with van der Waals surface area (Å²) in [5.74, 6) is 0.477. The highest BCUT2D eigenvalue weighted by Gasteiger charge is 2.27. The second-order valence-electron chi connectivity index (χ2n) is 6.95. The number of hydrogen-bond acceptors (Lipinski definition) is 5. The molecule has 8 heteroatoms. The fourth-order valence-corrected chi connectivity index (χ4v) is 4.62. The summed E-state index contributed by atoms with van der Waals surface area (Å²) in [5.41, 5.74) is 1.72. The van der Waals surface area contributed by atoms with E-state index in [1.165, 1.54) is 19.2 Å². The van der Waals surface area contributed by atoms with E-state index in [9.17, 15) is 13.2 Å². The third-order valence-corrected chi connectivity index (χ3v) is 6.41. The van der Waals surface area contributed by atoms with Gasteiger partial charge in [0.2, 0.25) is 10.0 Å². The standard InChI is InChI=1S/C23H22N2O5S/c1-29-21-12-11-18(23(26)25-13-14-30-20-10-6-5-9-19(20)25)15-22(21)31(27,28)24-16-17-7-3-2-4-8-17/h2-12,15,24H,13-14,16H2,1H3. The highest BCUT2D eigenvalue weighted by molar-refractivity contribution is 7.89. The van der Waals surface area contributed by atoms with E-state index in [0.717, 1.165) is 5.56 Å². The number of ether oxygens (including phenoxy) is 2. The van der Waals surface area contributed by atoms with Crippen molar-refractivity contribution < 1.29 is 22.7 Å². The van der Waals surface area contributed by atoms with Gasteiger partial charge >= 0.3 is 0 Å². The summed E-state index contributed by atoms with van der Waals surface area (Å²) in [6, 6.07) is 20.9. The number of carbonyl (C=O) groups excluding carboxylic acids is 1. The first-order valence-electron chi connectivity index (χ1n) is 9.75. The highest BCUT2D eigenvalue weighted by atomic mass is 32.2. The summed E-state index contributed by atoms with van der Waals surface area (Å²) in [7, 11) is -2.52. The number of sulfonamides is 1. The average Bonchev–Trinajstić information content (AvgIpc) is 2.82. The lowest BCUT2D eigenvalue weighted by Gasteiger charge is -2.29. The zero-order valence-electron chi connectivity index (χ0n) is 16.9. The average molecular weight is 439 g/mol. The lowest BCUT2D eigenvalue weighted by Crippen LogP contribution is -2.38. The Labute approximate surface area is 181 Å². The largest absolute Gasteiger partial charge is 0.495 e. The molecule has 160 valence electrons. The Bertz CT molecular complexity index is 1200. The number of rotatable bonds is 6. The maximum Gasteiger partial charge on any atom is 0.258 e. The molecule has 0 aromatic heterocycles. The molecule has 1 heterocycles. The van der Waals surface area contributed by atoms with Gasteiger partial charge in [-0.15, -0.1) is 0 Å². The molecule has 3 aromatic rings. The van der Waals surface area contributed by atoms with Crippen LogP contribution in [0.15, 0.2) is 77.7 Å². The van der Waals surface area contributed by atoms with E-state index in [2.05, 4.69) is 4.72 Å². The van der Waals surface area contributed by atoms with Crippen LogP contribution in [0.5, 0.6) is 11.5 Å². The molecular weight excluding hydrogens is 416 g/mol. The molecule has 1 aliphatic heterocycles. The second-order valence-corrected chi connectivity index (χ2v) is 8.68. The second kappa shape index (κ2) is 8.79. The van der Waals surface area contributed by atoms with Crippen molar-refractivity contribution in [3.8, 4) is 11.5 Å². The molecule has 7 nitrogen and oxygen atoms in total. The van der Waals surface area contributed by atoms with Crippen molar-refractivity contribution in [2.45, 2.75) is 11.4 Å². The van der Waals surface area contributed by atoms with Crippen molar-refractivity contribution in [3.63, 3.8) is 0 Å². The highest BCUT2D eigenvalue weighted by Crippen LogP contribution is 2.33. The quantitative estimate of drug-likeness (QED) is 0.639. The van der Waals surface area contributed by atoms with Gasteiger partial charge in [-0.05, 0) is 35.9 Å². The van der Waals surface area contributed by atoms with Crippen molar-refractivity contribution in [1.29, 1.82) is 0 Å². The smallest absolute Gasteiger partial charge is 0.258 e. The maximum atomic E-state index is 13.2. The number of anilines is 1. The predicted molar refractivity (Wildman–Crippen MR) is 117 cm³/mol. The number of hydrogen-bond donors (Lipinski definition) is 1. The number of methoxy groups -OCH3 is 1. The summed E-state index contributed by atoms with van der Waals surface area (Å²) in [5, 5.41) is 0. The fourth-order valence-electron chi connectivity index (χ4n) is 3.41. The van der Waals surface area contributed by atoms with Crippen molar-refractivity contribution in [2.24, 2.45) is 0 Å². The van der Waals surface area contributed by atoms with Gasteiger partial charge in [0.1, 0.15) is 23.0 Å². The number of benzene rings is 3. The van der Waals surface area contributed by atoms with Gasteiger partial charge in [0.15, 0.2) is 0 Å². The summed E-state index contributed by atoms with van der Waals surface area (Å²) in [4.78, 5) is 14.7. The van der Waals surface area contributed by atoms with Crippen LogP contribution in [0.25, 0.3) is 0 Å². The minimum Gasteiger partial charge on any atom is -0.495 e. The zero-order valence-corrected chi connectivity index (χ0v) is 17.8. The van der Waals surface area contributed by atoms with E-state index in [1.54, 1.807) is 23.1 Å². The lowest BCUT2D eigenvalue weighted by molar-refractivity contribution is 0.0976. The fraction of sp³-hybridized carbons (Fsp3) is 0.174. The van der Waals surface area contributed by atoms with Crippen molar-refractivity contribution in [1.82, 2.24) is 4.72 Å². The summed E-state index contributed by atoms with van der Waals surface area (Å²) in [6.07, 6.45) is 0. The first-order valence-corrected chi connectivity index (χ1v) is 11.2. The van der Waals surface area contributed by atoms with E-state index in [4.69, 9.17) is 9.47 Å². The van der Waals surface area contributed by atoms with Crippen molar-refractivity contribution >= 4 is 21.6 Å². The van der Waals surface area contributed by atoms with E-state index >= 15 is 0 Å². The molecule has 4 rings (SSSR count). The van der Waals surface area contributed by atoms with Crippen molar-refractivity contribution in [2.75, 3.05) is 25.2 Å².